The van der Waals surface area contributed by atoms with E-state index in [0.29, 0.717) is 11.6 Å². The van der Waals surface area contributed by atoms with Crippen molar-refractivity contribution < 1.29 is 4.42 Å². The van der Waals surface area contributed by atoms with E-state index in [1.807, 2.05) is 42.5 Å². The predicted octanol–water partition coefficient (Wildman–Crippen LogP) is 4.97. The van der Waals surface area contributed by atoms with Crippen LogP contribution >= 0.6 is 23.2 Å². The van der Waals surface area contributed by atoms with Crippen LogP contribution in [0.1, 0.15) is 5.89 Å². The summed E-state index contributed by atoms with van der Waals surface area (Å²) >= 11 is 12.2. The first-order valence-electron chi connectivity index (χ1n) is 8.61. The average Bonchev–Trinajstić information content (AvgIpc) is 3.12. The van der Waals surface area contributed by atoms with E-state index in [4.69, 9.17) is 27.6 Å². The van der Waals surface area contributed by atoms with Gasteiger partial charge >= 0.3 is 0 Å². The van der Waals surface area contributed by atoms with Gasteiger partial charge in [0, 0.05) is 36.8 Å². The summed E-state index contributed by atoms with van der Waals surface area (Å²) in [6, 6.07) is 15.6. The van der Waals surface area contributed by atoms with Crippen LogP contribution < -0.4 is 4.90 Å². The number of anilines is 1. The minimum atomic E-state index is 0.712. The van der Waals surface area contributed by atoms with E-state index < -0.39 is 0 Å². The smallest absolute Gasteiger partial charge is 0.209 e. The highest BCUT2D eigenvalue weighted by Crippen LogP contribution is 2.27. The molecule has 0 aliphatic carbocycles. The maximum Gasteiger partial charge on any atom is 0.209 e. The van der Waals surface area contributed by atoms with Crippen molar-refractivity contribution in [3.8, 4) is 11.3 Å². The third-order valence-electron chi connectivity index (χ3n) is 4.61. The maximum atomic E-state index is 6.31. The summed E-state index contributed by atoms with van der Waals surface area (Å²) in [5.74, 6) is 1.51. The van der Waals surface area contributed by atoms with Crippen LogP contribution in [0.2, 0.25) is 10.0 Å². The molecule has 134 valence electrons. The summed E-state index contributed by atoms with van der Waals surface area (Å²) in [4.78, 5) is 9.10. The Labute approximate surface area is 163 Å². The molecule has 1 fully saturated rings. The van der Waals surface area contributed by atoms with Gasteiger partial charge in [-0.25, -0.2) is 4.98 Å². The zero-order valence-corrected chi connectivity index (χ0v) is 15.7. The van der Waals surface area contributed by atoms with Crippen molar-refractivity contribution in [2.45, 2.75) is 6.54 Å². The second-order valence-corrected chi connectivity index (χ2v) is 7.18. The van der Waals surface area contributed by atoms with E-state index in [9.17, 15) is 0 Å². The molecular weight excluding hydrogens is 369 g/mol. The zero-order chi connectivity index (χ0) is 17.9. The van der Waals surface area contributed by atoms with E-state index in [1.54, 1.807) is 6.20 Å². The van der Waals surface area contributed by atoms with Gasteiger partial charge in [-0.2, -0.15) is 0 Å². The Kier molecular flexibility index (Phi) is 5.16. The number of hydrogen-bond donors (Lipinski definition) is 0. The molecular formula is C20H19Cl2N3O. The van der Waals surface area contributed by atoms with Crippen molar-refractivity contribution in [1.82, 2.24) is 9.88 Å². The summed E-state index contributed by atoms with van der Waals surface area (Å²) < 4.78 is 5.91. The molecule has 26 heavy (non-hydrogen) atoms. The van der Waals surface area contributed by atoms with Gasteiger partial charge in [-0.3, -0.25) is 4.90 Å². The van der Waals surface area contributed by atoms with Gasteiger partial charge in [0.1, 0.15) is 0 Å². The van der Waals surface area contributed by atoms with E-state index in [-0.39, 0.29) is 0 Å². The van der Waals surface area contributed by atoms with Gasteiger partial charge in [-0.15, -0.1) is 0 Å². The van der Waals surface area contributed by atoms with Gasteiger partial charge in [-0.05, 0) is 36.4 Å². The molecule has 0 unspecified atom stereocenters. The third-order valence-corrected chi connectivity index (χ3v) is 5.18. The Morgan fingerprint density at radius 1 is 0.923 bits per heavy atom. The largest absolute Gasteiger partial charge is 0.439 e. The van der Waals surface area contributed by atoms with Crippen LogP contribution in [-0.2, 0) is 6.54 Å². The molecule has 1 saturated heterocycles. The molecule has 2 heterocycles. The van der Waals surface area contributed by atoms with Crippen molar-refractivity contribution in [3.63, 3.8) is 0 Å². The Balaban J connectivity index is 1.36. The molecule has 1 aliphatic heterocycles. The van der Waals surface area contributed by atoms with Crippen molar-refractivity contribution in [2.24, 2.45) is 0 Å². The second kappa shape index (κ2) is 7.70. The lowest BCUT2D eigenvalue weighted by Gasteiger charge is -2.35. The quantitative estimate of drug-likeness (QED) is 0.632. The van der Waals surface area contributed by atoms with Gasteiger partial charge in [0.25, 0.3) is 0 Å². The molecule has 4 nitrogen and oxygen atoms in total. The topological polar surface area (TPSA) is 32.5 Å². The maximum absolute atomic E-state index is 6.31. The fourth-order valence-electron chi connectivity index (χ4n) is 3.18. The number of rotatable bonds is 4. The van der Waals surface area contributed by atoms with Crippen LogP contribution in [0, 0.1) is 0 Å². The molecule has 0 radical (unpaired) electrons. The third kappa shape index (κ3) is 3.88. The summed E-state index contributed by atoms with van der Waals surface area (Å²) in [7, 11) is 0. The van der Waals surface area contributed by atoms with Crippen LogP contribution in [0.15, 0.2) is 59.1 Å². The second-order valence-electron chi connectivity index (χ2n) is 6.34. The number of para-hydroxylation sites is 1. The summed E-state index contributed by atoms with van der Waals surface area (Å²) in [5, 5.41) is 1.52. The first kappa shape index (κ1) is 17.4. The highest BCUT2D eigenvalue weighted by molar-refractivity contribution is 6.33. The minimum absolute atomic E-state index is 0.712. The lowest BCUT2D eigenvalue weighted by atomic mass is 10.2. The number of oxazole rings is 1. The first-order chi connectivity index (χ1) is 12.7. The van der Waals surface area contributed by atoms with Crippen LogP contribution in [0.5, 0.6) is 0 Å². The summed E-state index contributed by atoms with van der Waals surface area (Å²) in [5.41, 5.74) is 2.09. The zero-order valence-electron chi connectivity index (χ0n) is 14.2. The number of halogens is 2. The minimum Gasteiger partial charge on any atom is -0.439 e. The molecule has 0 bridgehead atoms. The normalized spacial score (nSPS) is 15.4. The molecule has 0 amide bonds. The Bertz CT molecular complexity index is 871. The number of aromatic nitrogens is 1. The fraction of sp³-hybridized carbons (Fsp3) is 0.250. The fourth-order valence-corrected chi connectivity index (χ4v) is 3.56. The lowest BCUT2D eigenvalue weighted by molar-refractivity contribution is 0.227. The highest BCUT2D eigenvalue weighted by Gasteiger charge is 2.20. The van der Waals surface area contributed by atoms with Crippen LogP contribution in [0.3, 0.4) is 0 Å². The molecule has 2 aromatic carbocycles. The van der Waals surface area contributed by atoms with Crippen molar-refractivity contribution in [1.29, 1.82) is 0 Å². The van der Waals surface area contributed by atoms with E-state index in [1.165, 1.54) is 0 Å². The Morgan fingerprint density at radius 3 is 2.38 bits per heavy atom. The van der Waals surface area contributed by atoms with Crippen molar-refractivity contribution >= 4 is 28.9 Å². The molecule has 1 aromatic heterocycles. The first-order valence-corrected chi connectivity index (χ1v) is 9.37. The average molecular weight is 388 g/mol. The van der Waals surface area contributed by atoms with Crippen molar-refractivity contribution in [2.75, 3.05) is 31.1 Å². The van der Waals surface area contributed by atoms with Gasteiger partial charge in [0.05, 0.1) is 23.5 Å². The lowest BCUT2D eigenvalue weighted by Crippen LogP contribution is -2.46. The number of nitrogens with zero attached hydrogens (tertiary/aromatic N) is 3. The van der Waals surface area contributed by atoms with Gasteiger partial charge in [-0.1, -0.05) is 35.3 Å². The van der Waals surface area contributed by atoms with Gasteiger partial charge in [0.2, 0.25) is 5.89 Å². The number of hydrogen-bond acceptors (Lipinski definition) is 4. The summed E-state index contributed by atoms with van der Waals surface area (Å²) in [6.45, 7) is 4.49. The Morgan fingerprint density at radius 2 is 1.65 bits per heavy atom. The van der Waals surface area contributed by atoms with E-state index >= 15 is 0 Å². The van der Waals surface area contributed by atoms with Gasteiger partial charge in [0.15, 0.2) is 5.76 Å². The molecule has 4 rings (SSSR count). The van der Waals surface area contributed by atoms with Crippen LogP contribution in [0.25, 0.3) is 11.3 Å². The molecule has 0 spiro atoms. The molecule has 3 aromatic rings. The molecule has 0 saturated carbocycles. The number of benzene rings is 2. The molecule has 0 atom stereocenters. The van der Waals surface area contributed by atoms with E-state index in [2.05, 4.69) is 20.9 Å². The SMILES string of the molecule is Clc1ccc(-c2cnc(CN3CCN(c4ccccc4Cl)CC3)o2)cc1. The van der Waals surface area contributed by atoms with Crippen LogP contribution in [0.4, 0.5) is 5.69 Å². The molecule has 0 N–H and O–H groups in total. The highest BCUT2D eigenvalue weighted by atomic mass is 35.5. The Hall–Kier alpha value is -2.01. The summed E-state index contributed by atoms with van der Waals surface area (Å²) in [6.07, 6.45) is 1.78. The molecule has 1 aliphatic rings. The van der Waals surface area contributed by atoms with Gasteiger partial charge < -0.3 is 9.32 Å². The van der Waals surface area contributed by atoms with Crippen LogP contribution in [-0.4, -0.2) is 36.1 Å². The number of piperazine rings is 1. The molecule has 6 heteroatoms. The predicted molar refractivity (Wildman–Crippen MR) is 106 cm³/mol. The van der Waals surface area contributed by atoms with Crippen molar-refractivity contribution in [3.05, 3.63) is 70.7 Å². The standard InChI is InChI=1S/C20H19Cl2N3O/c21-16-7-5-15(6-8-16)19-13-23-20(26-19)14-24-9-11-25(12-10-24)18-4-2-1-3-17(18)22/h1-8,13H,9-12,14H2. The monoisotopic (exact) mass is 387 g/mol. The van der Waals surface area contributed by atoms with E-state index in [0.717, 1.165) is 54.1 Å².